The molecule has 6 heteroatoms. The number of halogens is 1. The number of carbonyl (C=O) groups excluding carboxylic acids is 1. The van der Waals surface area contributed by atoms with Crippen LogP contribution in [0.2, 0.25) is 5.02 Å². The van der Waals surface area contributed by atoms with E-state index in [1.165, 1.54) is 4.70 Å². The van der Waals surface area contributed by atoms with Crippen molar-refractivity contribution in [2.75, 3.05) is 20.1 Å². The molecule has 3 aromatic rings. The van der Waals surface area contributed by atoms with Crippen LogP contribution in [0.4, 0.5) is 0 Å². The number of nitrogens with one attached hydrogen (secondary N) is 1. The quantitative estimate of drug-likeness (QED) is 0.657. The molecule has 0 fully saturated rings. The molecule has 0 spiro atoms. The highest BCUT2D eigenvalue weighted by molar-refractivity contribution is 7.18. The average molecular weight is 388 g/mol. The molecule has 0 aliphatic heterocycles. The van der Waals surface area contributed by atoms with Crippen molar-refractivity contribution in [1.29, 1.82) is 0 Å². The lowest BCUT2D eigenvalue weighted by Gasteiger charge is -2.22. The second kappa shape index (κ2) is 8.62. The SMILES string of the molecule is C[C@@H](c1nc2ccccc2s1)N(C)CC(=O)NCCc1ccc(Cl)cc1. The molecule has 26 heavy (non-hydrogen) atoms. The standard InChI is InChI=1S/C20H22ClN3OS/c1-14(20-23-17-5-3-4-6-18(17)26-20)24(2)13-19(25)22-12-11-15-7-9-16(21)10-8-15/h3-10,14H,11-13H2,1-2H3,(H,22,25)/t14-/m0/s1. The summed E-state index contributed by atoms with van der Waals surface area (Å²) in [6.07, 6.45) is 0.792. The fourth-order valence-corrected chi connectivity index (χ4v) is 3.88. The van der Waals surface area contributed by atoms with Gasteiger partial charge in [-0.1, -0.05) is 35.9 Å². The van der Waals surface area contributed by atoms with Crippen LogP contribution < -0.4 is 5.32 Å². The van der Waals surface area contributed by atoms with Crippen LogP contribution in [0, 0.1) is 0 Å². The fraction of sp³-hybridized carbons (Fsp3) is 0.300. The van der Waals surface area contributed by atoms with Gasteiger partial charge in [0, 0.05) is 11.6 Å². The molecule has 0 bridgehead atoms. The van der Waals surface area contributed by atoms with Gasteiger partial charge in [0.1, 0.15) is 5.01 Å². The van der Waals surface area contributed by atoms with Crippen molar-refractivity contribution in [3.05, 3.63) is 64.1 Å². The van der Waals surface area contributed by atoms with E-state index < -0.39 is 0 Å². The first kappa shape index (κ1) is 18.8. The Kier molecular flexibility index (Phi) is 6.25. The van der Waals surface area contributed by atoms with Crippen LogP contribution in [0.25, 0.3) is 10.2 Å². The molecule has 3 rings (SSSR count). The third kappa shape index (κ3) is 4.81. The van der Waals surface area contributed by atoms with Crippen LogP contribution in [-0.2, 0) is 11.2 Å². The summed E-state index contributed by atoms with van der Waals surface area (Å²) in [6.45, 7) is 3.04. The van der Waals surface area contributed by atoms with Crippen LogP contribution in [-0.4, -0.2) is 35.9 Å². The molecule has 2 aromatic carbocycles. The topological polar surface area (TPSA) is 45.2 Å². The third-order valence-corrected chi connectivity index (χ3v) is 5.83. The number of likely N-dealkylation sites (N-methyl/N-ethyl adjacent to an activating group) is 1. The molecule has 0 saturated heterocycles. The highest BCUT2D eigenvalue weighted by Gasteiger charge is 2.18. The zero-order chi connectivity index (χ0) is 18.5. The van der Waals surface area contributed by atoms with E-state index in [1.54, 1.807) is 11.3 Å². The summed E-state index contributed by atoms with van der Waals surface area (Å²) in [5.41, 5.74) is 2.17. The molecule has 1 amide bonds. The minimum atomic E-state index is 0.0226. The number of hydrogen-bond acceptors (Lipinski definition) is 4. The third-order valence-electron chi connectivity index (χ3n) is 4.37. The fourth-order valence-electron chi connectivity index (χ4n) is 2.67. The Morgan fingerprint density at radius 2 is 1.96 bits per heavy atom. The van der Waals surface area contributed by atoms with Crippen molar-refractivity contribution in [1.82, 2.24) is 15.2 Å². The maximum atomic E-state index is 12.2. The van der Waals surface area contributed by atoms with Crippen molar-refractivity contribution < 1.29 is 4.79 Å². The van der Waals surface area contributed by atoms with Gasteiger partial charge in [0.05, 0.1) is 22.8 Å². The zero-order valence-electron chi connectivity index (χ0n) is 14.9. The van der Waals surface area contributed by atoms with E-state index in [9.17, 15) is 4.79 Å². The first-order valence-electron chi connectivity index (χ1n) is 8.60. The van der Waals surface area contributed by atoms with Gasteiger partial charge in [-0.3, -0.25) is 9.69 Å². The molecule has 1 atom stereocenters. The molecule has 0 saturated carbocycles. The number of amides is 1. The van der Waals surface area contributed by atoms with E-state index in [-0.39, 0.29) is 11.9 Å². The minimum absolute atomic E-state index is 0.0226. The van der Waals surface area contributed by atoms with E-state index in [0.717, 1.165) is 27.5 Å². The number of aromatic nitrogens is 1. The van der Waals surface area contributed by atoms with Gasteiger partial charge in [-0.05, 0) is 50.2 Å². The van der Waals surface area contributed by atoms with Gasteiger partial charge in [0.15, 0.2) is 0 Å². The van der Waals surface area contributed by atoms with Gasteiger partial charge >= 0.3 is 0 Å². The van der Waals surface area contributed by atoms with E-state index in [1.807, 2.05) is 54.4 Å². The number of hydrogen-bond donors (Lipinski definition) is 1. The van der Waals surface area contributed by atoms with Gasteiger partial charge in [-0.25, -0.2) is 4.98 Å². The average Bonchev–Trinajstić information content (AvgIpc) is 3.06. The second-order valence-electron chi connectivity index (χ2n) is 6.34. The Morgan fingerprint density at radius 3 is 2.69 bits per heavy atom. The first-order chi connectivity index (χ1) is 12.5. The largest absolute Gasteiger partial charge is 0.355 e. The van der Waals surface area contributed by atoms with E-state index in [0.29, 0.717) is 13.1 Å². The van der Waals surface area contributed by atoms with Crippen LogP contribution in [0.15, 0.2) is 48.5 Å². The van der Waals surface area contributed by atoms with Gasteiger partial charge in [-0.2, -0.15) is 0 Å². The maximum absolute atomic E-state index is 12.2. The summed E-state index contributed by atoms with van der Waals surface area (Å²) < 4.78 is 1.18. The van der Waals surface area contributed by atoms with Gasteiger partial charge in [0.2, 0.25) is 5.91 Å². The summed E-state index contributed by atoms with van der Waals surface area (Å²) in [6, 6.07) is 15.9. The summed E-state index contributed by atoms with van der Waals surface area (Å²) in [4.78, 5) is 18.9. The van der Waals surface area contributed by atoms with Crippen LogP contribution in [0.1, 0.15) is 23.5 Å². The number of fused-ring (bicyclic) bond motifs is 1. The monoisotopic (exact) mass is 387 g/mol. The van der Waals surface area contributed by atoms with Crippen molar-refractivity contribution in [2.45, 2.75) is 19.4 Å². The number of rotatable bonds is 7. The van der Waals surface area contributed by atoms with Gasteiger partial charge in [-0.15, -0.1) is 11.3 Å². The molecule has 0 radical (unpaired) electrons. The molecular weight excluding hydrogens is 366 g/mol. The van der Waals surface area contributed by atoms with Crippen LogP contribution in [0.3, 0.4) is 0 Å². The second-order valence-corrected chi connectivity index (χ2v) is 7.84. The summed E-state index contributed by atoms with van der Waals surface area (Å²) >= 11 is 7.56. The molecule has 0 aliphatic rings. The number of nitrogens with zero attached hydrogens (tertiary/aromatic N) is 2. The normalized spacial score (nSPS) is 12.5. The molecule has 1 N–H and O–H groups in total. The predicted molar refractivity (Wildman–Crippen MR) is 109 cm³/mol. The lowest BCUT2D eigenvalue weighted by Crippen LogP contribution is -2.37. The summed E-state index contributed by atoms with van der Waals surface area (Å²) in [5.74, 6) is 0.0226. The smallest absolute Gasteiger partial charge is 0.234 e. The first-order valence-corrected chi connectivity index (χ1v) is 9.79. The van der Waals surface area contributed by atoms with Crippen molar-refractivity contribution in [2.24, 2.45) is 0 Å². The molecule has 0 aliphatic carbocycles. The van der Waals surface area contributed by atoms with Gasteiger partial charge < -0.3 is 5.32 Å². The van der Waals surface area contributed by atoms with Crippen LogP contribution in [0.5, 0.6) is 0 Å². The number of thiazole rings is 1. The Hall–Kier alpha value is -1.95. The zero-order valence-corrected chi connectivity index (χ0v) is 16.5. The van der Waals surface area contributed by atoms with Crippen molar-refractivity contribution in [3.63, 3.8) is 0 Å². The molecule has 1 heterocycles. The lowest BCUT2D eigenvalue weighted by molar-refractivity contribution is -0.122. The summed E-state index contributed by atoms with van der Waals surface area (Å²) in [7, 11) is 1.95. The molecule has 4 nitrogen and oxygen atoms in total. The number of benzene rings is 2. The Labute approximate surface area is 162 Å². The summed E-state index contributed by atoms with van der Waals surface area (Å²) in [5, 5.41) is 4.73. The highest BCUT2D eigenvalue weighted by Crippen LogP contribution is 2.28. The Bertz CT molecular complexity index is 845. The molecule has 1 aromatic heterocycles. The van der Waals surface area contributed by atoms with Crippen LogP contribution >= 0.6 is 22.9 Å². The lowest BCUT2D eigenvalue weighted by atomic mass is 10.1. The molecule has 0 unspecified atom stereocenters. The maximum Gasteiger partial charge on any atom is 0.234 e. The Morgan fingerprint density at radius 1 is 1.23 bits per heavy atom. The predicted octanol–water partition coefficient (Wildman–Crippen LogP) is 4.30. The molecular formula is C20H22ClN3OS. The van der Waals surface area contributed by atoms with E-state index in [4.69, 9.17) is 11.6 Å². The van der Waals surface area contributed by atoms with Gasteiger partial charge in [0.25, 0.3) is 0 Å². The Balaban J connectivity index is 1.49. The number of para-hydroxylation sites is 1. The van der Waals surface area contributed by atoms with E-state index >= 15 is 0 Å². The van der Waals surface area contributed by atoms with Crippen molar-refractivity contribution in [3.8, 4) is 0 Å². The minimum Gasteiger partial charge on any atom is -0.355 e. The molecule has 136 valence electrons. The van der Waals surface area contributed by atoms with E-state index in [2.05, 4.69) is 23.3 Å². The van der Waals surface area contributed by atoms with Crippen molar-refractivity contribution >= 4 is 39.1 Å². The number of carbonyl (C=O) groups is 1. The highest BCUT2D eigenvalue weighted by atomic mass is 35.5.